The van der Waals surface area contributed by atoms with Crippen LogP contribution in [-0.4, -0.2) is 14.8 Å². The van der Waals surface area contributed by atoms with Gasteiger partial charge in [0, 0.05) is 0 Å². The average molecular weight is 431 g/mol. The van der Waals surface area contributed by atoms with Crippen molar-refractivity contribution in [2.24, 2.45) is 17.8 Å². The van der Waals surface area contributed by atoms with Crippen LogP contribution in [0.25, 0.3) is 0 Å². The van der Waals surface area contributed by atoms with E-state index in [1.54, 1.807) is 12.1 Å². The van der Waals surface area contributed by atoms with Crippen LogP contribution in [0.1, 0.15) is 63.9 Å². The van der Waals surface area contributed by atoms with Gasteiger partial charge in [0.15, 0.2) is 0 Å². The molecule has 0 aromatic heterocycles. The van der Waals surface area contributed by atoms with E-state index in [-0.39, 0.29) is 5.75 Å². The zero-order valence-electron chi connectivity index (χ0n) is 17.4. The summed E-state index contributed by atoms with van der Waals surface area (Å²) in [5.74, 6) is 2.07. The van der Waals surface area contributed by atoms with Crippen LogP contribution in [-0.2, 0) is 6.42 Å². The predicted octanol–water partition coefficient (Wildman–Crippen LogP) is 8.06. The van der Waals surface area contributed by atoms with Crippen molar-refractivity contribution in [2.75, 3.05) is 0 Å². The third-order valence-corrected chi connectivity index (χ3v) is 10.9. The lowest BCUT2D eigenvalue weighted by atomic mass is 9.73. The molecule has 2 aliphatic rings. The van der Waals surface area contributed by atoms with Crippen LogP contribution in [0.5, 0.6) is 5.75 Å². The Morgan fingerprint density at radius 1 is 0.931 bits per heavy atom. The summed E-state index contributed by atoms with van der Waals surface area (Å²) < 4.78 is 55.4. The molecule has 1 saturated carbocycles. The van der Waals surface area contributed by atoms with Crippen molar-refractivity contribution < 1.29 is 22.0 Å². The normalized spacial score (nSPS) is 30.9. The van der Waals surface area contributed by atoms with E-state index in [0.29, 0.717) is 5.92 Å². The molecule has 1 aliphatic carbocycles. The minimum Gasteiger partial charge on any atom is -0.406 e. The highest BCUT2D eigenvalue weighted by Crippen LogP contribution is 2.45. The number of benzene rings is 1. The van der Waals surface area contributed by atoms with E-state index in [1.165, 1.54) is 37.8 Å². The molecule has 0 N–H and O–H groups in total. The van der Waals surface area contributed by atoms with Gasteiger partial charge in [-0.3, -0.25) is 0 Å². The van der Waals surface area contributed by atoms with Crippen molar-refractivity contribution in [3.05, 3.63) is 29.8 Å². The van der Waals surface area contributed by atoms with E-state index >= 15 is 0 Å². The fraction of sp³-hybridized carbons (Fsp3) is 0.739. The van der Waals surface area contributed by atoms with E-state index in [0.717, 1.165) is 67.6 Å². The molecular formula is C23H34F4OSi. The van der Waals surface area contributed by atoms with Gasteiger partial charge in [0.25, 0.3) is 0 Å². The van der Waals surface area contributed by atoms with Gasteiger partial charge in [0.05, 0.1) is 0 Å². The average Bonchev–Trinajstić information content (AvgIpc) is 2.67. The van der Waals surface area contributed by atoms with Gasteiger partial charge in [-0.1, -0.05) is 51.2 Å². The van der Waals surface area contributed by atoms with E-state index in [2.05, 4.69) is 11.7 Å². The summed E-state index contributed by atoms with van der Waals surface area (Å²) >= 11 is 0. The molecule has 6 heteroatoms. The van der Waals surface area contributed by atoms with E-state index in [1.807, 2.05) is 0 Å². The number of hydrogen-bond acceptors (Lipinski definition) is 1. The van der Waals surface area contributed by atoms with Gasteiger partial charge in [-0.25, -0.2) is 0 Å². The Morgan fingerprint density at radius 3 is 2.07 bits per heavy atom. The lowest BCUT2D eigenvalue weighted by Crippen LogP contribution is -2.36. The van der Waals surface area contributed by atoms with Crippen LogP contribution >= 0.6 is 0 Å². The van der Waals surface area contributed by atoms with Gasteiger partial charge in [-0.2, -0.15) is 0 Å². The van der Waals surface area contributed by atoms with Crippen LogP contribution in [0.15, 0.2) is 24.3 Å². The third-order valence-electron chi connectivity index (χ3n) is 7.18. The molecule has 1 saturated heterocycles. The van der Waals surface area contributed by atoms with Gasteiger partial charge in [-0.15, -0.1) is 13.2 Å². The van der Waals surface area contributed by atoms with Crippen molar-refractivity contribution in [3.63, 3.8) is 0 Å². The molecule has 29 heavy (non-hydrogen) atoms. The molecule has 1 heterocycles. The Labute approximate surface area is 173 Å². The van der Waals surface area contributed by atoms with Crippen LogP contribution in [0.4, 0.5) is 17.3 Å². The third kappa shape index (κ3) is 7.01. The maximum Gasteiger partial charge on any atom is 0.573 e. The van der Waals surface area contributed by atoms with Crippen molar-refractivity contribution in [2.45, 2.75) is 89.2 Å². The molecule has 0 radical (unpaired) electrons. The van der Waals surface area contributed by atoms with E-state index in [4.69, 9.17) is 0 Å². The number of halogens is 4. The van der Waals surface area contributed by atoms with Crippen LogP contribution in [0, 0.1) is 17.8 Å². The summed E-state index contributed by atoms with van der Waals surface area (Å²) in [4.78, 5) is 0. The molecule has 0 bridgehead atoms. The van der Waals surface area contributed by atoms with Crippen LogP contribution in [0.3, 0.4) is 0 Å². The van der Waals surface area contributed by atoms with Gasteiger partial charge >= 0.3 is 6.36 Å². The van der Waals surface area contributed by atoms with Crippen molar-refractivity contribution in [1.82, 2.24) is 0 Å². The molecular weight excluding hydrogens is 396 g/mol. The maximum absolute atomic E-state index is 14.8. The Morgan fingerprint density at radius 2 is 1.52 bits per heavy atom. The lowest BCUT2D eigenvalue weighted by Gasteiger charge is -2.39. The van der Waals surface area contributed by atoms with Gasteiger partial charge in [0.1, 0.15) is 5.75 Å². The Balaban J connectivity index is 1.37. The minimum atomic E-state index is -4.64. The number of alkyl halides is 3. The van der Waals surface area contributed by atoms with Crippen LogP contribution in [0.2, 0.25) is 18.1 Å². The largest absolute Gasteiger partial charge is 0.573 e. The molecule has 164 valence electrons. The first kappa shape index (κ1) is 22.6. The summed E-state index contributed by atoms with van der Waals surface area (Å²) in [6, 6.07) is 8.90. The number of aryl methyl sites for hydroxylation is 1. The maximum atomic E-state index is 14.8. The zero-order valence-corrected chi connectivity index (χ0v) is 18.4. The van der Waals surface area contributed by atoms with E-state index in [9.17, 15) is 17.3 Å². The summed E-state index contributed by atoms with van der Waals surface area (Å²) in [6.07, 6.45) is 5.59. The Bertz CT molecular complexity index is 615. The standard InChI is InChI=1S/C23H34F4OSi/c1-2-15-29(27)16-13-21(14-17-29)20-9-5-18(6-10-20)3-4-19-7-11-22(12-8-19)28-23(24,25)26/h7-8,11-12,18,20-21H,2-6,9-10,13-17H2,1H3. The summed E-state index contributed by atoms with van der Waals surface area (Å²) in [5, 5.41) is 0. The molecule has 3 rings (SSSR count). The topological polar surface area (TPSA) is 9.23 Å². The highest BCUT2D eigenvalue weighted by molar-refractivity contribution is 6.73. The highest BCUT2D eigenvalue weighted by atomic mass is 28.4. The van der Waals surface area contributed by atoms with Gasteiger partial charge < -0.3 is 8.84 Å². The lowest BCUT2D eigenvalue weighted by molar-refractivity contribution is -0.274. The van der Waals surface area contributed by atoms with Crippen molar-refractivity contribution >= 4 is 8.41 Å². The monoisotopic (exact) mass is 430 g/mol. The molecule has 0 amide bonds. The molecule has 0 spiro atoms. The first-order valence-electron chi connectivity index (χ1n) is 11.3. The highest BCUT2D eigenvalue weighted by Gasteiger charge is 2.40. The fourth-order valence-corrected chi connectivity index (χ4v) is 8.93. The quantitative estimate of drug-likeness (QED) is 0.241. The van der Waals surface area contributed by atoms with Gasteiger partial charge in [-0.05, 0) is 79.3 Å². The van der Waals surface area contributed by atoms with Crippen molar-refractivity contribution in [3.8, 4) is 5.75 Å². The smallest absolute Gasteiger partial charge is 0.406 e. The molecule has 0 atom stereocenters. The predicted molar refractivity (Wildman–Crippen MR) is 111 cm³/mol. The second-order valence-corrected chi connectivity index (χ2v) is 13.1. The number of hydrogen-bond donors (Lipinski definition) is 0. The Kier molecular flexibility index (Phi) is 7.68. The van der Waals surface area contributed by atoms with Crippen molar-refractivity contribution in [1.29, 1.82) is 0 Å². The number of ether oxygens (including phenoxy) is 1. The van der Waals surface area contributed by atoms with E-state index < -0.39 is 14.8 Å². The summed E-state index contributed by atoms with van der Waals surface area (Å²) in [7, 11) is -2.39. The summed E-state index contributed by atoms with van der Waals surface area (Å²) in [6.45, 7) is 2.10. The SMILES string of the molecule is CCC[Si]1(F)CCC(C2CCC(CCc3ccc(OC(F)(F)F)cc3)CC2)CC1. The number of rotatable bonds is 7. The Hall–Kier alpha value is -1.04. The fourth-order valence-electron chi connectivity index (χ4n) is 5.50. The molecule has 1 aliphatic heterocycles. The molecule has 2 fully saturated rings. The summed E-state index contributed by atoms with van der Waals surface area (Å²) in [5.41, 5.74) is 1.06. The molecule has 1 aromatic rings. The first-order valence-corrected chi connectivity index (χ1v) is 13.8. The van der Waals surface area contributed by atoms with Gasteiger partial charge in [0.2, 0.25) is 8.41 Å². The zero-order chi connectivity index (χ0) is 20.9. The molecule has 0 unspecified atom stereocenters. The second-order valence-electron chi connectivity index (χ2n) is 9.25. The minimum absolute atomic E-state index is 0.159. The molecule has 1 aromatic carbocycles. The first-order chi connectivity index (χ1) is 13.8. The second kappa shape index (κ2) is 9.84. The van der Waals surface area contributed by atoms with Crippen LogP contribution < -0.4 is 4.74 Å². The molecule has 1 nitrogen and oxygen atoms in total.